The lowest BCUT2D eigenvalue weighted by Gasteiger charge is -2.30. The molecule has 2 amide bonds. The normalized spacial score (nSPS) is 15.8. The third-order valence-electron chi connectivity index (χ3n) is 4.58. The van der Waals surface area contributed by atoms with Gasteiger partial charge in [0.05, 0.1) is 18.4 Å². The van der Waals surface area contributed by atoms with Crippen molar-refractivity contribution in [1.29, 1.82) is 5.26 Å². The van der Waals surface area contributed by atoms with E-state index in [2.05, 4.69) is 26.1 Å². The highest BCUT2D eigenvalue weighted by Crippen LogP contribution is 2.27. The van der Waals surface area contributed by atoms with E-state index in [1.807, 2.05) is 11.8 Å². The molecule has 1 aliphatic rings. The molecule has 10 nitrogen and oxygen atoms in total. The minimum atomic E-state index is -0.0862. The fourth-order valence-electron chi connectivity index (χ4n) is 3.00. The van der Waals surface area contributed by atoms with E-state index in [0.29, 0.717) is 50.5 Å². The van der Waals surface area contributed by atoms with Gasteiger partial charge in [0, 0.05) is 51.8 Å². The standard InChI is InChI=1S/C17H22N8O2S/c1-13-14(12-18)17(28-21-13)24-8-4-19-15(26)2-6-23(10-11-24)16(27)3-7-25-9-5-20-22-25/h5,9H,2-4,6-8,10-11H2,1H3,(H,19,26). The second kappa shape index (κ2) is 9.27. The molecule has 1 N–H and O–H groups in total. The molecule has 0 saturated carbocycles. The lowest BCUT2D eigenvalue weighted by Crippen LogP contribution is -2.45. The number of rotatable bonds is 4. The van der Waals surface area contributed by atoms with Crippen molar-refractivity contribution in [1.82, 2.24) is 29.6 Å². The van der Waals surface area contributed by atoms with Crippen LogP contribution < -0.4 is 10.2 Å². The zero-order chi connectivity index (χ0) is 19.9. The molecule has 11 heteroatoms. The van der Waals surface area contributed by atoms with Crippen LogP contribution in [0.5, 0.6) is 0 Å². The highest BCUT2D eigenvalue weighted by molar-refractivity contribution is 7.10. The van der Waals surface area contributed by atoms with Crippen molar-refractivity contribution in [3.63, 3.8) is 0 Å². The third-order valence-corrected chi connectivity index (χ3v) is 5.58. The average Bonchev–Trinajstić information content (AvgIpc) is 3.34. The first-order valence-electron chi connectivity index (χ1n) is 9.08. The van der Waals surface area contributed by atoms with Crippen LogP contribution in [-0.4, -0.2) is 68.8 Å². The van der Waals surface area contributed by atoms with Crippen LogP contribution in [0.15, 0.2) is 12.4 Å². The van der Waals surface area contributed by atoms with Crippen LogP contribution >= 0.6 is 11.5 Å². The number of nitriles is 1. The van der Waals surface area contributed by atoms with Gasteiger partial charge in [-0.25, -0.2) is 0 Å². The molecular formula is C17H22N8O2S. The van der Waals surface area contributed by atoms with Crippen molar-refractivity contribution in [2.45, 2.75) is 26.3 Å². The summed E-state index contributed by atoms with van der Waals surface area (Å²) < 4.78 is 5.89. The quantitative estimate of drug-likeness (QED) is 0.773. The Balaban J connectivity index is 1.70. The average molecular weight is 402 g/mol. The predicted molar refractivity (Wildman–Crippen MR) is 103 cm³/mol. The van der Waals surface area contributed by atoms with E-state index in [1.165, 1.54) is 11.5 Å². The van der Waals surface area contributed by atoms with Crippen LogP contribution in [0.2, 0.25) is 0 Å². The molecule has 1 saturated heterocycles. The van der Waals surface area contributed by atoms with Gasteiger partial charge in [0.25, 0.3) is 0 Å². The number of anilines is 1. The number of hydrogen-bond donors (Lipinski definition) is 1. The minimum Gasteiger partial charge on any atom is -0.358 e. The molecule has 3 heterocycles. The molecule has 1 fully saturated rings. The zero-order valence-electron chi connectivity index (χ0n) is 15.7. The molecular weight excluding hydrogens is 380 g/mol. The minimum absolute atomic E-state index is 0.0372. The van der Waals surface area contributed by atoms with Gasteiger partial charge in [-0.15, -0.1) is 5.10 Å². The summed E-state index contributed by atoms with van der Waals surface area (Å²) in [4.78, 5) is 28.4. The van der Waals surface area contributed by atoms with Gasteiger partial charge in [0.1, 0.15) is 16.6 Å². The topological polar surface area (TPSA) is 120 Å². The van der Waals surface area contributed by atoms with Crippen molar-refractivity contribution in [3.05, 3.63) is 23.7 Å². The maximum Gasteiger partial charge on any atom is 0.224 e. The van der Waals surface area contributed by atoms with Crippen molar-refractivity contribution >= 4 is 28.3 Å². The summed E-state index contributed by atoms with van der Waals surface area (Å²) in [6.45, 7) is 4.71. The summed E-state index contributed by atoms with van der Waals surface area (Å²) >= 11 is 1.27. The Morgan fingerprint density at radius 3 is 2.96 bits per heavy atom. The summed E-state index contributed by atoms with van der Waals surface area (Å²) in [7, 11) is 0. The van der Waals surface area contributed by atoms with Crippen molar-refractivity contribution in [3.8, 4) is 6.07 Å². The van der Waals surface area contributed by atoms with E-state index in [-0.39, 0.29) is 24.7 Å². The van der Waals surface area contributed by atoms with Crippen LogP contribution in [0.4, 0.5) is 5.00 Å². The number of carbonyl (C=O) groups is 2. The van der Waals surface area contributed by atoms with E-state index in [9.17, 15) is 14.9 Å². The molecule has 0 bridgehead atoms. The fourth-order valence-corrected chi connectivity index (χ4v) is 3.89. The van der Waals surface area contributed by atoms with E-state index >= 15 is 0 Å². The smallest absolute Gasteiger partial charge is 0.224 e. The number of hydrogen-bond acceptors (Lipinski definition) is 8. The van der Waals surface area contributed by atoms with Gasteiger partial charge in [0.15, 0.2) is 0 Å². The van der Waals surface area contributed by atoms with Crippen LogP contribution in [0.3, 0.4) is 0 Å². The molecule has 0 unspecified atom stereocenters. The number of nitrogens with one attached hydrogen (secondary N) is 1. The maximum atomic E-state index is 12.7. The molecule has 0 spiro atoms. The van der Waals surface area contributed by atoms with Crippen molar-refractivity contribution in [2.75, 3.05) is 37.6 Å². The first-order valence-corrected chi connectivity index (χ1v) is 9.85. The monoisotopic (exact) mass is 402 g/mol. The first-order chi connectivity index (χ1) is 13.6. The fraction of sp³-hybridized carbons (Fsp3) is 0.529. The van der Waals surface area contributed by atoms with E-state index < -0.39 is 0 Å². The highest BCUT2D eigenvalue weighted by atomic mass is 32.1. The second-order valence-corrected chi connectivity index (χ2v) is 7.20. The van der Waals surface area contributed by atoms with Gasteiger partial charge in [-0.2, -0.15) is 9.64 Å². The SMILES string of the molecule is Cc1nsc(N2CCNC(=O)CCN(C(=O)CCn3ccnn3)CC2)c1C#N. The van der Waals surface area contributed by atoms with Gasteiger partial charge in [0.2, 0.25) is 11.8 Å². The molecule has 0 aliphatic carbocycles. The van der Waals surface area contributed by atoms with Crippen LogP contribution in [0.1, 0.15) is 24.1 Å². The summed E-state index contributed by atoms with van der Waals surface area (Å²) in [5.74, 6) is -0.123. The number of nitrogens with zero attached hydrogens (tertiary/aromatic N) is 7. The summed E-state index contributed by atoms with van der Waals surface area (Å²) in [5.41, 5.74) is 1.25. The molecule has 2 aromatic rings. The summed E-state index contributed by atoms with van der Waals surface area (Å²) in [6, 6.07) is 2.21. The van der Waals surface area contributed by atoms with Crippen LogP contribution in [0, 0.1) is 18.3 Å². The van der Waals surface area contributed by atoms with Gasteiger partial charge < -0.3 is 15.1 Å². The van der Waals surface area contributed by atoms with Crippen molar-refractivity contribution < 1.29 is 9.59 Å². The Labute approximate surface area is 166 Å². The van der Waals surface area contributed by atoms with E-state index in [4.69, 9.17) is 0 Å². The molecule has 0 radical (unpaired) electrons. The molecule has 0 atom stereocenters. The molecule has 148 valence electrons. The van der Waals surface area contributed by atoms with Gasteiger partial charge in [-0.1, -0.05) is 5.21 Å². The Morgan fingerprint density at radius 1 is 1.36 bits per heavy atom. The largest absolute Gasteiger partial charge is 0.358 e. The Morgan fingerprint density at radius 2 is 2.21 bits per heavy atom. The molecule has 28 heavy (non-hydrogen) atoms. The maximum absolute atomic E-state index is 12.7. The van der Waals surface area contributed by atoms with Crippen LogP contribution in [-0.2, 0) is 16.1 Å². The van der Waals surface area contributed by atoms with Crippen molar-refractivity contribution in [2.24, 2.45) is 0 Å². The lowest BCUT2D eigenvalue weighted by atomic mass is 10.2. The Hall–Kier alpha value is -3.00. The zero-order valence-corrected chi connectivity index (χ0v) is 16.5. The van der Waals surface area contributed by atoms with Gasteiger partial charge >= 0.3 is 0 Å². The number of amides is 2. The second-order valence-electron chi connectivity index (χ2n) is 6.44. The number of aromatic nitrogens is 4. The Kier molecular flexibility index (Phi) is 6.54. The molecule has 0 aromatic carbocycles. The predicted octanol–water partition coefficient (Wildman–Crippen LogP) is 0.160. The van der Waals surface area contributed by atoms with E-state index in [0.717, 1.165) is 5.00 Å². The number of carbonyl (C=O) groups excluding carboxylic acids is 2. The third kappa shape index (κ3) is 4.83. The lowest BCUT2D eigenvalue weighted by molar-refractivity contribution is -0.132. The first kappa shape index (κ1) is 19.8. The number of aryl methyl sites for hydroxylation is 2. The summed E-state index contributed by atoms with van der Waals surface area (Å²) in [6.07, 6.45) is 3.84. The molecule has 1 aliphatic heterocycles. The molecule has 2 aromatic heterocycles. The highest BCUT2D eigenvalue weighted by Gasteiger charge is 2.22. The van der Waals surface area contributed by atoms with Gasteiger partial charge in [-0.05, 0) is 18.5 Å². The van der Waals surface area contributed by atoms with E-state index in [1.54, 1.807) is 22.0 Å². The summed E-state index contributed by atoms with van der Waals surface area (Å²) in [5, 5.41) is 20.7. The molecule has 3 rings (SSSR count). The Bertz CT molecular complexity index is 857. The van der Waals surface area contributed by atoms with Gasteiger partial charge in [-0.3, -0.25) is 14.3 Å². The van der Waals surface area contributed by atoms with Crippen LogP contribution in [0.25, 0.3) is 0 Å².